The van der Waals surface area contributed by atoms with Crippen molar-refractivity contribution in [3.05, 3.63) is 65.7 Å². The van der Waals surface area contributed by atoms with Crippen LogP contribution in [-0.4, -0.2) is 21.6 Å². The highest BCUT2D eigenvalue weighted by molar-refractivity contribution is 5.59. The molecule has 0 aliphatic heterocycles. The number of pyridine rings is 1. The van der Waals surface area contributed by atoms with Crippen molar-refractivity contribution >= 4 is 5.52 Å². The zero-order chi connectivity index (χ0) is 19.1. The molecule has 1 atom stereocenters. The van der Waals surface area contributed by atoms with Gasteiger partial charge in [0.25, 0.3) is 0 Å². The van der Waals surface area contributed by atoms with Crippen LogP contribution in [0.15, 0.2) is 49.1 Å². The number of hydrogen-bond donors (Lipinski definition) is 1. The number of ether oxygens (including phenoxy) is 1. The molecular weight excluding hydrogens is 348 g/mol. The van der Waals surface area contributed by atoms with Crippen molar-refractivity contribution in [2.75, 3.05) is 7.11 Å². The molecule has 4 nitrogen and oxygen atoms in total. The number of nitrogens with zero attached hydrogens (tertiary/aromatic N) is 2. The van der Waals surface area contributed by atoms with Crippen LogP contribution in [0.1, 0.15) is 73.2 Å². The van der Waals surface area contributed by atoms with E-state index in [9.17, 15) is 5.11 Å². The summed E-state index contributed by atoms with van der Waals surface area (Å²) in [5, 5.41) is 11.4. The van der Waals surface area contributed by atoms with E-state index in [0.29, 0.717) is 17.8 Å². The number of hydrogen-bond acceptors (Lipinski definition) is 3. The van der Waals surface area contributed by atoms with Gasteiger partial charge in [0.05, 0.1) is 31.3 Å². The Morgan fingerprint density at radius 1 is 1.00 bits per heavy atom. The molecule has 2 heterocycles. The monoisotopic (exact) mass is 376 g/mol. The van der Waals surface area contributed by atoms with Crippen LogP contribution in [-0.2, 0) is 0 Å². The largest absolute Gasteiger partial charge is 0.497 e. The molecule has 0 amide bonds. The van der Waals surface area contributed by atoms with Crippen LogP contribution < -0.4 is 4.74 Å². The molecule has 2 aromatic heterocycles. The molecule has 2 aliphatic rings. The number of aromatic nitrogens is 2. The average Bonchev–Trinajstić information content (AvgIpc) is 3.49. The normalized spacial score (nSPS) is 23.6. The van der Waals surface area contributed by atoms with Crippen LogP contribution in [0.4, 0.5) is 0 Å². The Hall–Kier alpha value is -2.33. The predicted octanol–water partition coefficient (Wildman–Crippen LogP) is 5.23. The summed E-state index contributed by atoms with van der Waals surface area (Å²) in [6, 6.07) is 10.7. The molecule has 2 fully saturated rings. The van der Waals surface area contributed by atoms with E-state index in [1.165, 1.54) is 24.0 Å². The van der Waals surface area contributed by atoms with Gasteiger partial charge in [-0.2, -0.15) is 0 Å². The summed E-state index contributed by atoms with van der Waals surface area (Å²) in [6.45, 7) is 0. The number of aliphatic hydroxyl groups is 1. The summed E-state index contributed by atoms with van der Waals surface area (Å²) in [5.74, 6) is 2.45. The first-order valence-electron chi connectivity index (χ1n) is 10.5. The maximum Gasteiger partial charge on any atom is 0.118 e. The van der Waals surface area contributed by atoms with Gasteiger partial charge in [0.15, 0.2) is 0 Å². The third-order valence-corrected chi connectivity index (χ3v) is 6.79. The lowest BCUT2D eigenvalue weighted by molar-refractivity contribution is 0.0810. The molecular formula is C24H28N2O2. The Morgan fingerprint density at radius 3 is 2.39 bits per heavy atom. The third-order valence-electron chi connectivity index (χ3n) is 6.79. The highest BCUT2D eigenvalue weighted by Gasteiger charge is 2.34. The fourth-order valence-corrected chi connectivity index (χ4v) is 4.98. The maximum atomic E-state index is 11.4. The molecule has 0 spiro atoms. The lowest BCUT2D eigenvalue weighted by atomic mass is 9.75. The minimum atomic E-state index is -0.396. The molecule has 5 rings (SSSR count). The van der Waals surface area contributed by atoms with Gasteiger partial charge in [-0.15, -0.1) is 0 Å². The molecule has 1 aromatic carbocycles. The van der Waals surface area contributed by atoms with E-state index in [0.717, 1.165) is 42.5 Å². The third kappa shape index (κ3) is 3.20. The summed E-state index contributed by atoms with van der Waals surface area (Å²) in [7, 11) is 1.71. The standard InChI is InChI=1S/C24H28N2O2/c1-28-20-10-8-17(9-11-20)16-2-6-19(7-3-16)24(27)23-21(18-4-5-18)12-13-26-15-25-14-22(23)26/h8-16,18-19,24,27H,2-7H2,1H3/t16?,19?,24-/m1/s1. The minimum Gasteiger partial charge on any atom is -0.497 e. The van der Waals surface area contributed by atoms with Gasteiger partial charge in [0.2, 0.25) is 0 Å². The zero-order valence-electron chi connectivity index (χ0n) is 16.4. The van der Waals surface area contributed by atoms with Gasteiger partial charge in [-0.1, -0.05) is 12.1 Å². The van der Waals surface area contributed by atoms with Crippen molar-refractivity contribution in [1.82, 2.24) is 9.38 Å². The van der Waals surface area contributed by atoms with Crippen molar-refractivity contribution < 1.29 is 9.84 Å². The molecule has 0 bridgehead atoms. The summed E-state index contributed by atoms with van der Waals surface area (Å²) >= 11 is 0. The van der Waals surface area contributed by atoms with Gasteiger partial charge in [-0.05, 0) is 85.6 Å². The Kier molecular flexibility index (Phi) is 4.59. The average molecular weight is 377 g/mol. The SMILES string of the molecule is COc1ccc(C2CCC([C@@H](O)c3c(C4CC4)ccn4cncc34)CC2)cc1. The fraction of sp³-hybridized carbons (Fsp3) is 0.458. The first-order chi connectivity index (χ1) is 13.7. The van der Waals surface area contributed by atoms with Crippen LogP contribution in [0.5, 0.6) is 5.75 Å². The first kappa shape index (κ1) is 17.7. The molecule has 4 heteroatoms. The molecule has 1 N–H and O–H groups in total. The minimum absolute atomic E-state index is 0.327. The molecule has 0 saturated heterocycles. The van der Waals surface area contributed by atoms with E-state index >= 15 is 0 Å². The highest BCUT2D eigenvalue weighted by atomic mass is 16.5. The second kappa shape index (κ2) is 7.25. The van der Waals surface area contributed by atoms with E-state index < -0.39 is 6.10 Å². The van der Waals surface area contributed by atoms with Crippen molar-refractivity contribution in [2.24, 2.45) is 5.92 Å². The van der Waals surface area contributed by atoms with Gasteiger partial charge in [0.1, 0.15) is 5.75 Å². The summed E-state index contributed by atoms with van der Waals surface area (Å²) in [4.78, 5) is 4.32. The van der Waals surface area contributed by atoms with Crippen molar-refractivity contribution in [1.29, 1.82) is 0 Å². The van der Waals surface area contributed by atoms with E-state index in [-0.39, 0.29) is 0 Å². The van der Waals surface area contributed by atoms with E-state index in [1.807, 2.05) is 16.9 Å². The lowest BCUT2D eigenvalue weighted by Gasteiger charge is -2.33. The lowest BCUT2D eigenvalue weighted by Crippen LogP contribution is -2.21. The number of aliphatic hydroxyl groups excluding tert-OH is 1. The van der Waals surface area contributed by atoms with Gasteiger partial charge in [-0.25, -0.2) is 4.98 Å². The molecule has 3 aromatic rings. The first-order valence-corrected chi connectivity index (χ1v) is 10.5. The van der Waals surface area contributed by atoms with Crippen molar-refractivity contribution in [2.45, 2.75) is 56.5 Å². The van der Waals surface area contributed by atoms with Crippen molar-refractivity contribution in [3.63, 3.8) is 0 Å². The van der Waals surface area contributed by atoms with E-state index in [1.54, 1.807) is 7.11 Å². The van der Waals surface area contributed by atoms with Gasteiger partial charge >= 0.3 is 0 Å². The molecule has 2 aliphatic carbocycles. The van der Waals surface area contributed by atoms with Crippen LogP contribution >= 0.6 is 0 Å². The van der Waals surface area contributed by atoms with Crippen LogP contribution in [0.25, 0.3) is 5.52 Å². The molecule has 2 saturated carbocycles. The van der Waals surface area contributed by atoms with Crippen LogP contribution in [0.3, 0.4) is 0 Å². The van der Waals surface area contributed by atoms with Gasteiger partial charge < -0.3 is 14.2 Å². The van der Waals surface area contributed by atoms with Gasteiger partial charge in [0, 0.05) is 11.8 Å². The van der Waals surface area contributed by atoms with Crippen molar-refractivity contribution in [3.8, 4) is 5.75 Å². The van der Waals surface area contributed by atoms with Crippen LogP contribution in [0.2, 0.25) is 0 Å². The number of imidazole rings is 1. The summed E-state index contributed by atoms with van der Waals surface area (Å²) in [5.41, 5.74) is 4.95. The Morgan fingerprint density at radius 2 is 1.71 bits per heavy atom. The molecule has 0 radical (unpaired) electrons. The Labute approximate surface area is 166 Å². The quantitative estimate of drug-likeness (QED) is 0.663. The molecule has 0 unspecified atom stereocenters. The number of methoxy groups -OCH3 is 1. The second-order valence-electron chi connectivity index (χ2n) is 8.47. The smallest absolute Gasteiger partial charge is 0.118 e. The summed E-state index contributed by atoms with van der Waals surface area (Å²) < 4.78 is 7.33. The van der Waals surface area contributed by atoms with E-state index in [2.05, 4.69) is 41.5 Å². The van der Waals surface area contributed by atoms with E-state index in [4.69, 9.17) is 4.74 Å². The Bertz CT molecular complexity index is 950. The number of benzene rings is 1. The predicted molar refractivity (Wildman–Crippen MR) is 110 cm³/mol. The van der Waals surface area contributed by atoms with Gasteiger partial charge in [-0.3, -0.25) is 0 Å². The Balaban J connectivity index is 1.34. The van der Waals surface area contributed by atoms with Crippen LogP contribution in [0, 0.1) is 5.92 Å². The fourth-order valence-electron chi connectivity index (χ4n) is 4.98. The molecule has 146 valence electrons. The topological polar surface area (TPSA) is 46.8 Å². The number of fused-ring (bicyclic) bond motifs is 1. The zero-order valence-corrected chi connectivity index (χ0v) is 16.4. The summed E-state index contributed by atoms with van der Waals surface area (Å²) in [6.07, 6.45) is 12.3. The number of rotatable bonds is 5. The maximum absolute atomic E-state index is 11.4. The second-order valence-corrected chi connectivity index (χ2v) is 8.47. The molecule has 28 heavy (non-hydrogen) atoms. The highest BCUT2D eigenvalue weighted by Crippen LogP contribution is 2.48.